The number of halogens is 2. The lowest BCUT2D eigenvalue weighted by Gasteiger charge is -2.04. The maximum absolute atomic E-state index is 13.7. The van der Waals surface area contributed by atoms with Crippen LogP contribution in [0.15, 0.2) is 6.20 Å². The Kier molecular flexibility index (Phi) is 4.34. The predicted molar refractivity (Wildman–Crippen MR) is 70.4 cm³/mol. The first-order valence-corrected chi connectivity index (χ1v) is 5.41. The number of aromatic nitrogens is 4. The zero-order valence-corrected chi connectivity index (χ0v) is 11.7. The van der Waals surface area contributed by atoms with Crippen LogP contribution >= 0.6 is 12.4 Å². The lowest BCUT2D eigenvalue weighted by Crippen LogP contribution is -2.04. The Morgan fingerprint density at radius 1 is 1.28 bits per heavy atom. The van der Waals surface area contributed by atoms with E-state index in [1.807, 2.05) is 14.0 Å². The Hall–Kier alpha value is -1.56. The summed E-state index contributed by atoms with van der Waals surface area (Å²) in [6.45, 7) is 4.18. The molecule has 100 valence electrons. The molecule has 0 bridgehead atoms. The van der Waals surface area contributed by atoms with Gasteiger partial charge >= 0.3 is 0 Å². The molecular formula is C11H17ClFN5. The van der Waals surface area contributed by atoms with E-state index in [-0.39, 0.29) is 18.4 Å². The SMILES string of the molecule is Cc1nn(C)c(F)c1CNc1cnn(C)c1C.Cl. The fourth-order valence-electron chi connectivity index (χ4n) is 1.73. The molecule has 0 aliphatic carbocycles. The van der Waals surface area contributed by atoms with Gasteiger partial charge in [-0.25, -0.2) is 4.68 Å². The van der Waals surface area contributed by atoms with E-state index in [2.05, 4.69) is 15.5 Å². The smallest absolute Gasteiger partial charge is 0.216 e. The minimum absolute atomic E-state index is 0. The molecule has 18 heavy (non-hydrogen) atoms. The van der Waals surface area contributed by atoms with Crippen LogP contribution in [0.2, 0.25) is 0 Å². The molecule has 2 rings (SSSR count). The Balaban J connectivity index is 0.00000162. The molecule has 0 radical (unpaired) electrons. The van der Waals surface area contributed by atoms with Gasteiger partial charge in [0.05, 0.1) is 23.3 Å². The highest BCUT2D eigenvalue weighted by Crippen LogP contribution is 2.16. The number of rotatable bonds is 3. The summed E-state index contributed by atoms with van der Waals surface area (Å²) in [5.74, 6) is -0.295. The Labute approximate surface area is 111 Å². The van der Waals surface area contributed by atoms with Crippen molar-refractivity contribution in [3.63, 3.8) is 0 Å². The highest BCUT2D eigenvalue weighted by Gasteiger charge is 2.13. The maximum Gasteiger partial charge on any atom is 0.216 e. The third-order valence-corrected chi connectivity index (χ3v) is 2.96. The molecule has 0 saturated carbocycles. The molecular weight excluding hydrogens is 257 g/mol. The summed E-state index contributed by atoms with van der Waals surface area (Å²) >= 11 is 0. The lowest BCUT2D eigenvalue weighted by molar-refractivity contribution is 0.496. The quantitative estimate of drug-likeness (QED) is 0.930. The molecule has 7 heteroatoms. The van der Waals surface area contributed by atoms with Crippen molar-refractivity contribution in [2.75, 3.05) is 5.32 Å². The number of nitrogens with zero attached hydrogens (tertiary/aromatic N) is 4. The van der Waals surface area contributed by atoms with Crippen LogP contribution in [0.25, 0.3) is 0 Å². The van der Waals surface area contributed by atoms with Gasteiger partial charge in [-0.15, -0.1) is 12.4 Å². The molecule has 2 aromatic rings. The number of hydrogen-bond acceptors (Lipinski definition) is 3. The van der Waals surface area contributed by atoms with Crippen LogP contribution < -0.4 is 5.32 Å². The van der Waals surface area contributed by atoms with Crippen LogP contribution in [0.5, 0.6) is 0 Å². The molecule has 0 spiro atoms. The second-order valence-electron chi connectivity index (χ2n) is 4.10. The van der Waals surface area contributed by atoms with Gasteiger partial charge < -0.3 is 5.32 Å². The van der Waals surface area contributed by atoms with Gasteiger partial charge in [0, 0.05) is 26.2 Å². The van der Waals surface area contributed by atoms with Crippen molar-refractivity contribution in [1.29, 1.82) is 0 Å². The third kappa shape index (κ3) is 2.48. The van der Waals surface area contributed by atoms with E-state index in [0.29, 0.717) is 17.8 Å². The van der Waals surface area contributed by atoms with Crippen molar-refractivity contribution >= 4 is 18.1 Å². The van der Waals surface area contributed by atoms with E-state index in [0.717, 1.165) is 11.4 Å². The standard InChI is InChI=1S/C11H16FN5.ClH/c1-7-9(11(12)17(4)15-7)5-13-10-6-14-16(3)8(10)2;/h6,13H,5H2,1-4H3;1H. The summed E-state index contributed by atoms with van der Waals surface area (Å²) in [4.78, 5) is 0. The second kappa shape index (κ2) is 5.39. The van der Waals surface area contributed by atoms with Gasteiger partial charge in [0.2, 0.25) is 5.95 Å². The van der Waals surface area contributed by atoms with Crippen LogP contribution in [-0.4, -0.2) is 19.6 Å². The highest BCUT2D eigenvalue weighted by atomic mass is 35.5. The molecule has 0 fully saturated rings. The Bertz CT molecular complexity index is 546. The van der Waals surface area contributed by atoms with E-state index in [4.69, 9.17) is 0 Å². The molecule has 0 aliphatic rings. The molecule has 1 N–H and O–H groups in total. The van der Waals surface area contributed by atoms with Crippen LogP contribution in [0.1, 0.15) is 17.0 Å². The average Bonchev–Trinajstić information content (AvgIpc) is 2.71. The third-order valence-electron chi connectivity index (χ3n) is 2.96. The zero-order chi connectivity index (χ0) is 12.6. The van der Waals surface area contributed by atoms with Crippen molar-refractivity contribution < 1.29 is 4.39 Å². The van der Waals surface area contributed by atoms with Crippen molar-refractivity contribution in [1.82, 2.24) is 19.6 Å². The fourth-order valence-corrected chi connectivity index (χ4v) is 1.73. The number of anilines is 1. The molecule has 0 atom stereocenters. The van der Waals surface area contributed by atoms with Crippen molar-refractivity contribution in [3.8, 4) is 0 Å². The van der Waals surface area contributed by atoms with E-state index >= 15 is 0 Å². The number of nitrogens with one attached hydrogen (secondary N) is 1. The van der Waals surface area contributed by atoms with Gasteiger partial charge in [-0.2, -0.15) is 14.6 Å². The predicted octanol–water partition coefficient (Wildman–Crippen LogP) is 1.94. The molecule has 0 aromatic carbocycles. The number of aryl methyl sites for hydroxylation is 3. The van der Waals surface area contributed by atoms with Gasteiger partial charge in [0.25, 0.3) is 0 Å². The van der Waals surface area contributed by atoms with Gasteiger partial charge in [-0.1, -0.05) is 0 Å². The van der Waals surface area contributed by atoms with Crippen molar-refractivity contribution in [2.24, 2.45) is 14.1 Å². The van der Waals surface area contributed by atoms with Crippen molar-refractivity contribution in [2.45, 2.75) is 20.4 Å². The summed E-state index contributed by atoms with van der Waals surface area (Å²) < 4.78 is 16.7. The summed E-state index contributed by atoms with van der Waals surface area (Å²) in [5, 5.41) is 11.3. The highest BCUT2D eigenvalue weighted by molar-refractivity contribution is 5.85. The van der Waals surface area contributed by atoms with E-state index in [1.54, 1.807) is 24.9 Å². The lowest BCUT2D eigenvalue weighted by atomic mass is 10.2. The van der Waals surface area contributed by atoms with Crippen LogP contribution in [-0.2, 0) is 20.6 Å². The van der Waals surface area contributed by atoms with E-state index < -0.39 is 0 Å². The van der Waals surface area contributed by atoms with Crippen LogP contribution in [0, 0.1) is 19.8 Å². The summed E-state index contributed by atoms with van der Waals surface area (Å²) in [5.41, 5.74) is 3.23. The zero-order valence-electron chi connectivity index (χ0n) is 10.9. The average molecular weight is 274 g/mol. The summed E-state index contributed by atoms with van der Waals surface area (Å²) in [7, 11) is 3.47. The topological polar surface area (TPSA) is 47.7 Å². The van der Waals surface area contributed by atoms with Gasteiger partial charge in [0.15, 0.2) is 0 Å². The Morgan fingerprint density at radius 3 is 2.39 bits per heavy atom. The van der Waals surface area contributed by atoms with Crippen LogP contribution in [0.4, 0.5) is 10.1 Å². The molecule has 0 amide bonds. The monoisotopic (exact) mass is 273 g/mol. The Morgan fingerprint density at radius 2 is 1.94 bits per heavy atom. The molecule has 0 aliphatic heterocycles. The maximum atomic E-state index is 13.7. The van der Waals surface area contributed by atoms with Gasteiger partial charge in [-0.05, 0) is 13.8 Å². The molecule has 2 aromatic heterocycles. The van der Waals surface area contributed by atoms with Gasteiger partial charge in [-0.3, -0.25) is 4.68 Å². The van der Waals surface area contributed by atoms with E-state index in [9.17, 15) is 4.39 Å². The molecule has 2 heterocycles. The van der Waals surface area contributed by atoms with Gasteiger partial charge in [0.1, 0.15) is 0 Å². The first-order valence-electron chi connectivity index (χ1n) is 5.41. The molecule has 5 nitrogen and oxygen atoms in total. The molecule has 0 unspecified atom stereocenters. The second-order valence-corrected chi connectivity index (χ2v) is 4.10. The number of hydrogen-bond donors (Lipinski definition) is 1. The fraction of sp³-hybridized carbons (Fsp3) is 0.455. The first kappa shape index (κ1) is 14.5. The largest absolute Gasteiger partial charge is 0.378 e. The first-order chi connectivity index (χ1) is 8.00. The molecule has 0 saturated heterocycles. The summed E-state index contributed by atoms with van der Waals surface area (Å²) in [6, 6.07) is 0. The normalized spacial score (nSPS) is 10.3. The minimum Gasteiger partial charge on any atom is -0.378 e. The van der Waals surface area contributed by atoms with E-state index in [1.165, 1.54) is 4.68 Å². The summed E-state index contributed by atoms with van der Waals surface area (Å²) in [6.07, 6.45) is 1.74. The van der Waals surface area contributed by atoms with Crippen molar-refractivity contribution in [3.05, 3.63) is 29.1 Å². The van der Waals surface area contributed by atoms with Crippen LogP contribution in [0.3, 0.4) is 0 Å². The minimum atomic E-state index is -0.295.